The van der Waals surface area contributed by atoms with E-state index < -0.39 is 19.4 Å². The van der Waals surface area contributed by atoms with Gasteiger partial charge in [0, 0.05) is 18.0 Å². The van der Waals surface area contributed by atoms with E-state index in [0.717, 1.165) is 38.5 Å². The van der Waals surface area contributed by atoms with E-state index in [0.29, 0.717) is 33.9 Å². The van der Waals surface area contributed by atoms with Crippen molar-refractivity contribution in [2.45, 2.75) is 98.1 Å². The van der Waals surface area contributed by atoms with Gasteiger partial charge in [-0.1, -0.05) is 60.5 Å². The number of hydrogen-bond acceptors (Lipinski definition) is 7. The van der Waals surface area contributed by atoms with Crippen LogP contribution >= 0.6 is 23.5 Å². The fourth-order valence-electron chi connectivity index (χ4n) is 6.41. The predicted molar refractivity (Wildman–Crippen MR) is 159 cm³/mol. The second kappa shape index (κ2) is 13.7. The van der Waals surface area contributed by atoms with E-state index in [4.69, 9.17) is 18.2 Å². The van der Waals surface area contributed by atoms with E-state index in [1.807, 2.05) is 0 Å². The first-order valence-electron chi connectivity index (χ1n) is 14.8. The van der Waals surface area contributed by atoms with Crippen LogP contribution in [0.4, 0.5) is 0 Å². The van der Waals surface area contributed by atoms with Crippen LogP contribution < -0.4 is 0 Å². The van der Waals surface area contributed by atoms with Crippen LogP contribution in [0.25, 0.3) is 0 Å². The van der Waals surface area contributed by atoms with Crippen LogP contribution in [-0.4, -0.2) is 23.2 Å². The quantitative estimate of drug-likeness (QED) is 0.189. The van der Waals surface area contributed by atoms with Gasteiger partial charge in [-0.2, -0.15) is 0 Å². The van der Waals surface area contributed by atoms with Gasteiger partial charge in [-0.25, -0.2) is 4.79 Å². The van der Waals surface area contributed by atoms with Gasteiger partial charge in [-0.3, -0.25) is 9.55 Å². The molecule has 222 valence electrons. The fourth-order valence-corrected chi connectivity index (χ4v) is 8.97. The minimum atomic E-state index is -4.10. The van der Waals surface area contributed by atoms with Gasteiger partial charge in [0.15, 0.2) is 4.67 Å². The number of pyridine rings is 1. The number of aromatic nitrogens is 1. The molecule has 2 aliphatic rings. The highest BCUT2D eigenvalue weighted by atomic mass is 79.9. The third-order valence-electron chi connectivity index (χ3n) is 8.74. The summed E-state index contributed by atoms with van der Waals surface area (Å²) >= 11 is 3.25. The SMILES string of the molecule is CC(C)[C@H]1CC[C@@H](C)C[C@H]1OP(=O)(O[C@@H]1C[C@H](C)CC[C@@H]1C(C)C)[C@H](OC(=O)c1ccc(Br)o1)c1cccnc1. The average molecular weight is 639 g/mol. The molecule has 0 saturated heterocycles. The molecule has 0 spiro atoms. The molecule has 4 rings (SSSR count). The Labute approximate surface area is 247 Å². The Morgan fingerprint density at radius 2 is 1.52 bits per heavy atom. The van der Waals surface area contributed by atoms with E-state index >= 15 is 4.57 Å². The number of halogens is 1. The average Bonchev–Trinajstić information content (AvgIpc) is 3.33. The molecular weight excluding hydrogens is 593 g/mol. The number of rotatable bonds is 10. The molecule has 0 aliphatic heterocycles. The summed E-state index contributed by atoms with van der Waals surface area (Å²) in [6.07, 6.45) is 8.43. The maximum absolute atomic E-state index is 15.4. The van der Waals surface area contributed by atoms with Crippen molar-refractivity contribution in [3.63, 3.8) is 0 Å². The number of hydrogen-bond donors (Lipinski definition) is 0. The summed E-state index contributed by atoms with van der Waals surface area (Å²) < 4.78 is 40.8. The van der Waals surface area contributed by atoms with Crippen molar-refractivity contribution in [1.82, 2.24) is 4.98 Å². The van der Waals surface area contributed by atoms with Crippen LogP contribution in [0.5, 0.6) is 0 Å². The Morgan fingerprint density at radius 3 is 1.98 bits per heavy atom. The van der Waals surface area contributed by atoms with Crippen LogP contribution in [0.15, 0.2) is 45.7 Å². The van der Waals surface area contributed by atoms with Crippen molar-refractivity contribution in [1.29, 1.82) is 0 Å². The largest absolute Gasteiger partial charge is 0.442 e. The van der Waals surface area contributed by atoms with Crippen molar-refractivity contribution >= 4 is 29.5 Å². The number of carbonyl (C=O) groups is 1. The van der Waals surface area contributed by atoms with Gasteiger partial charge >= 0.3 is 13.6 Å². The Morgan fingerprint density at radius 1 is 0.950 bits per heavy atom. The summed E-state index contributed by atoms with van der Waals surface area (Å²) in [5.41, 5.74) is 0.472. The topological polar surface area (TPSA) is 87.9 Å². The maximum atomic E-state index is 15.4. The first kappa shape index (κ1) is 31.5. The number of esters is 1. The predicted octanol–water partition coefficient (Wildman–Crippen LogP) is 9.44. The van der Waals surface area contributed by atoms with Gasteiger partial charge in [0.05, 0.1) is 12.2 Å². The summed E-state index contributed by atoms with van der Waals surface area (Å²) in [5, 5.41) is 0. The van der Waals surface area contributed by atoms with Gasteiger partial charge in [0.25, 0.3) is 0 Å². The van der Waals surface area contributed by atoms with E-state index in [1.54, 1.807) is 30.6 Å². The van der Waals surface area contributed by atoms with E-state index in [1.165, 1.54) is 6.07 Å². The number of ether oxygens (including phenoxy) is 1. The molecule has 2 saturated carbocycles. The van der Waals surface area contributed by atoms with Crippen LogP contribution in [0.3, 0.4) is 0 Å². The molecule has 0 bridgehead atoms. The second-order valence-electron chi connectivity index (χ2n) is 12.6. The van der Waals surface area contributed by atoms with E-state index in [2.05, 4.69) is 62.5 Å². The number of furan rings is 1. The lowest BCUT2D eigenvalue weighted by Crippen LogP contribution is -2.37. The van der Waals surface area contributed by atoms with Gasteiger partial charge in [0.2, 0.25) is 11.6 Å². The first-order chi connectivity index (χ1) is 19.0. The zero-order valence-corrected chi connectivity index (χ0v) is 27.1. The van der Waals surface area contributed by atoms with Crippen molar-refractivity contribution in [2.75, 3.05) is 0 Å². The normalized spacial score (nSPS) is 28.5. The molecule has 2 heterocycles. The molecular formula is C31H45BrNO6P. The molecule has 7 nitrogen and oxygen atoms in total. The highest BCUT2D eigenvalue weighted by Gasteiger charge is 2.49. The summed E-state index contributed by atoms with van der Waals surface area (Å²) in [6, 6.07) is 6.64. The Balaban J connectivity index is 1.77. The fraction of sp³-hybridized carbons (Fsp3) is 0.677. The first-order valence-corrected chi connectivity index (χ1v) is 17.2. The van der Waals surface area contributed by atoms with Crippen LogP contribution in [0.1, 0.15) is 102 Å². The number of nitrogens with zero attached hydrogens (tertiary/aromatic N) is 1. The summed E-state index contributed by atoms with van der Waals surface area (Å²) in [7, 11) is -4.10. The smallest absolute Gasteiger partial charge is 0.376 e. The van der Waals surface area contributed by atoms with Crippen molar-refractivity contribution in [2.24, 2.45) is 35.5 Å². The lowest BCUT2D eigenvalue weighted by molar-refractivity contribution is -0.0213. The van der Waals surface area contributed by atoms with Gasteiger partial charge in [0.1, 0.15) is 0 Å². The van der Waals surface area contributed by atoms with E-state index in [-0.39, 0.29) is 29.8 Å². The molecule has 0 unspecified atom stereocenters. The zero-order valence-electron chi connectivity index (χ0n) is 24.6. The standard InChI is InChI=1S/C31H45BrNO6P/c1-19(2)24-11-9-21(5)16-27(24)38-40(35,39-28-17-22(6)10-12-25(28)20(3)4)31(23-8-7-15-33-18-23)37-30(34)26-13-14-29(32)36-26/h7-8,13-15,18-22,24-25,27-28,31H,9-12,16-17H2,1-6H3/t21-,22-,24-,25-,27-,28-,31+/m1/s1. The van der Waals surface area contributed by atoms with Gasteiger partial charge in [-0.05, 0) is 95.3 Å². The second-order valence-corrected chi connectivity index (χ2v) is 15.4. The molecule has 2 aromatic heterocycles. The Bertz CT molecular complexity index is 1120. The van der Waals surface area contributed by atoms with Crippen molar-refractivity contribution < 1.29 is 27.6 Å². The molecule has 2 aliphatic carbocycles. The summed E-state index contributed by atoms with van der Waals surface area (Å²) in [5.74, 6) is 0.0151. The molecule has 2 aromatic rings. The molecule has 9 heteroatoms. The highest BCUT2D eigenvalue weighted by Crippen LogP contribution is 2.66. The van der Waals surface area contributed by atoms with Crippen molar-refractivity contribution in [3.05, 3.63) is 52.7 Å². The van der Waals surface area contributed by atoms with Gasteiger partial charge in [-0.15, -0.1) is 0 Å². The van der Waals surface area contributed by atoms with Crippen LogP contribution in [0, 0.1) is 35.5 Å². The molecule has 7 atom stereocenters. The minimum Gasteiger partial charge on any atom is -0.442 e. The summed E-state index contributed by atoms with van der Waals surface area (Å²) in [6.45, 7) is 13.2. The minimum absolute atomic E-state index is 0.00464. The monoisotopic (exact) mass is 637 g/mol. The molecule has 0 radical (unpaired) electrons. The molecule has 0 aromatic carbocycles. The van der Waals surface area contributed by atoms with Gasteiger partial charge < -0.3 is 18.2 Å². The van der Waals surface area contributed by atoms with E-state index in [9.17, 15) is 4.79 Å². The van der Waals surface area contributed by atoms with Crippen LogP contribution in [0.2, 0.25) is 0 Å². The maximum Gasteiger partial charge on any atom is 0.376 e. The third-order valence-corrected chi connectivity index (χ3v) is 11.3. The van der Waals surface area contributed by atoms with Crippen molar-refractivity contribution in [3.8, 4) is 0 Å². The molecule has 0 N–H and O–H groups in total. The van der Waals surface area contributed by atoms with Crippen LogP contribution in [-0.2, 0) is 18.3 Å². The number of carbonyl (C=O) groups excluding carboxylic acids is 1. The Hall–Kier alpha value is -1.47. The molecule has 0 amide bonds. The zero-order chi connectivity index (χ0) is 29.0. The Kier molecular flexibility index (Phi) is 10.8. The third kappa shape index (κ3) is 7.67. The lowest BCUT2D eigenvalue weighted by atomic mass is 9.75. The lowest BCUT2D eigenvalue weighted by Gasteiger charge is -2.43. The summed E-state index contributed by atoms with van der Waals surface area (Å²) in [4.78, 5) is 17.6. The highest BCUT2D eigenvalue weighted by molar-refractivity contribution is 9.10. The molecule has 40 heavy (non-hydrogen) atoms. The molecule has 2 fully saturated rings.